The van der Waals surface area contributed by atoms with Gasteiger partial charge in [0, 0.05) is 12.1 Å². The number of carbonyl (C=O) groups is 1. The van der Waals surface area contributed by atoms with Gasteiger partial charge in [-0.25, -0.2) is 5.84 Å². The van der Waals surface area contributed by atoms with E-state index in [0.717, 1.165) is 31.6 Å². The van der Waals surface area contributed by atoms with E-state index in [9.17, 15) is 4.79 Å². The van der Waals surface area contributed by atoms with E-state index in [1.165, 1.54) is 6.26 Å². The minimum atomic E-state index is -0.385. The molecule has 0 fully saturated rings. The predicted molar refractivity (Wildman–Crippen MR) is 74.5 cm³/mol. The molecule has 0 atom stereocenters. The highest BCUT2D eigenvalue weighted by atomic mass is 16.3. The second-order valence-corrected chi connectivity index (χ2v) is 4.77. The molecule has 0 saturated heterocycles. The van der Waals surface area contributed by atoms with Gasteiger partial charge >= 0.3 is 5.91 Å². The third-order valence-electron chi connectivity index (χ3n) is 3.00. The minimum Gasteiger partial charge on any atom is -0.459 e. The van der Waals surface area contributed by atoms with Crippen molar-refractivity contribution >= 4 is 5.91 Å². The molecule has 0 radical (unpaired) electrons. The fraction of sp³-hybridized carbons (Fsp3) is 0.615. The number of carbonyl (C=O) groups excluding carboxylic acids is 1. The number of furan rings is 1. The van der Waals surface area contributed by atoms with Gasteiger partial charge in [-0.05, 0) is 46.2 Å². The predicted octanol–water partition coefficient (Wildman–Crippen LogP) is 0.657. The topological polar surface area (TPSA) is 74.7 Å². The monoisotopic (exact) mass is 268 g/mol. The van der Waals surface area contributed by atoms with Gasteiger partial charge in [-0.1, -0.05) is 6.92 Å². The summed E-state index contributed by atoms with van der Waals surface area (Å²) in [5, 5.41) is 0. The maximum Gasteiger partial charge on any atom is 0.301 e. The van der Waals surface area contributed by atoms with Gasteiger partial charge in [0.2, 0.25) is 0 Å². The number of hydrogen-bond donors (Lipinski definition) is 2. The van der Waals surface area contributed by atoms with Crippen LogP contribution in [-0.2, 0) is 6.54 Å². The van der Waals surface area contributed by atoms with E-state index >= 15 is 0 Å². The van der Waals surface area contributed by atoms with Crippen molar-refractivity contribution in [3.8, 4) is 0 Å². The van der Waals surface area contributed by atoms with E-state index in [2.05, 4.69) is 36.2 Å². The third kappa shape index (κ3) is 5.02. The van der Waals surface area contributed by atoms with E-state index in [1.807, 2.05) is 6.07 Å². The first kappa shape index (κ1) is 15.7. The number of nitrogens with zero attached hydrogens (tertiary/aromatic N) is 2. The summed E-state index contributed by atoms with van der Waals surface area (Å²) in [7, 11) is 4.13. The summed E-state index contributed by atoms with van der Waals surface area (Å²) >= 11 is 0. The highest BCUT2D eigenvalue weighted by Crippen LogP contribution is 2.13. The van der Waals surface area contributed by atoms with Gasteiger partial charge in [0.1, 0.15) is 0 Å². The zero-order valence-corrected chi connectivity index (χ0v) is 12.0. The van der Waals surface area contributed by atoms with Gasteiger partial charge < -0.3 is 9.32 Å². The zero-order valence-electron chi connectivity index (χ0n) is 12.0. The van der Waals surface area contributed by atoms with E-state index in [-0.39, 0.29) is 5.91 Å². The Morgan fingerprint density at radius 3 is 2.74 bits per heavy atom. The lowest BCUT2D eigenvalue weighted by Gasteiger charge is -2.21. The Morgan fingerprint density at radius 1 is 1.42 bits per heavy atom. The highest BCUT2D eigenvalue weighted by molar-refractivity contribution is 5.92. The van der Waals surface area contributed by atoms with Crippen molar-refractivity contribution in [2.45, 2.75) is 19.9 Å². The minimum absolute atomic E-state index is 0.300. The van der Waals surface area contributed by atoms with Crippen molar-refractivity contribution in [3.05, 3.63) is 23.7 Å². The molecular weight excluding hydrogens is 244 g/mol. The molecule has 19 heavy (non-hydrogen) atoms. The van der Waals surface area contributed by atoms with Crippen LogP contribution in [0.5, 0.6) is 0 Å². The largest absolute Gasteiger partial charge is 0.459 e. The zero-order chi connectivity index (χ0) is 14.3. The molecule has 6 heteroatoms. The number of nitrogens with one attached hydrogen (secondary N) is 1. The maximum absolute atomic E-state index is 11.5. The number of rotatable bonds is 8. The van der Waals surface area contributed by atoms with Crippen molar-refractivity contribution in [1.82, 2.24) is 15.2 Å². The van der Waals surface area contributed by atoms with Gasteiger partial charge in [-0.15, -0.1) is 0 Å². The SMILES string of the molecule is CCN(CCCN(C)C)Cc1ccoc1C(=O)NN. The van der Waals surface area contributed by atoms with Crippen LogP contribution in [0.25, 0.3) is 0 Å². The summed E-state index contributed by atoms with van der Waals surface area (Å²) < 4.78 is 5.18. The maximum atomic E-state index is 11.5. The van der Waals surface area contributed by atoms with Crippen molar-refractivity contribution in [2.24, 2.45) is 5.84 Å². The van der Waals surface area contributed by atoms with Crippen LogP contribution in [0.1, 0.15) is 29.5 Å². The van der Waals surface area contributed by atoms with Gasteiger partial charge in [-0.2, -0.15) is 0 Å². The first-order valence-electron chi connectivity index (χ1n) is 6.52. The Kier molecular flexibility index (Phi) is 6.55. The van der Waals surface area contributed by atoms with E-state index < -0.39 is 0 Å². The van der Waals surface area contributed by atoms with Crippen LogP contribution in [0.4, 0.5) is 0 Å². The summed E-state index contributed by atoms with van der Waals surface area (Å²) in [5.74, 6) is 5.05. The van der Waals surface area contributed by atoms with Crippen LogP contribution in [0.2, 0.25) is 0 Å². The molecule has 0 aromatic carbocycles. The van der Waals surface area contributed by atoms with Crippen molar-refractivity contribution in [3.63, 3.8) is 0 Å². The van der Waals surface area contributed by atoms with Crippen LogP contribution >= 0.6 is 0 Å². The lowest BCUT2D eigenvalue weighted by Crippen LogP contribution is -2.32. The average molecular weight is 268 g/mol. The Balaban J connectivity index is 2.56. The number of hydrazine groups is 1. The molecular formula is C13H24N4O2. The highest BCUT2D eigenvalue weighted by Gasteiger charge is 2.16. The third-order valence-corrected chi connectivity index (χ3v) is 3.00. The molecule has 1 aromatic rings. The number of hydrogen-bond acceptors (Lipinski definition) is 5. The fourth-order valence-corrected chi connectivity index (χ4v) is 1.93. The normalized spacial score (nSPS) is 11.3. The molecule has 0 aliphatic rings. The van der Waals surface area contributed by atoms with Crippen molar-refractivity contribution in [1.29, 1.82) is 0 Å². The first-order valence-corrected chi connectivity index (χ1v) is 6.52. The summed E-state index contributed by atoms with van der Waals surface area (Å²) in [6, 6.07) is 1.82. The molecule has 1 amide bonds. The van der Waals surface area contributed by atoms with Crippen LogP contribution in [-0.4, -0.2) is 49.4 Å². The van der Waals surface area contributed by atoms with Crippen LogP contribution < -0.4 is 11.3 Å². The summed E-state index contributed by atoms with van der Waals surface area (Å²) in [4.78, 5) is 16.0. The van der Waals surface area contributed by atoms with E-state index in [1.54, 1.807) is 0 Å². The van der Waals surface area contributed by atoms with Gasteiger partial charge in [0.05, 0.1) is 6.26 Å². The van der Waals surface area contributed by atoms with Gasteiger partial charge in [0.25, 0.3) is 0 Å². The van der Waals surface area contributed by atoms with Gasteiger partial charge in [-0.3, -0.25) is 15.1 Å². The second-order valence-electron chi connectivity index (χ2n) is 4.77. The summed E-state index contributed by atoms with van der Waals surface area (Å²) in [6.07, 6.45) is 2.62. The number of nitrogen functional groups attached to an aromatic ring is 1. The smallest absolute Gasteiger partial charge is 0.301 e. The standard InChI is InChI=1S/C13H24N4O2/c1-4-17(8-5-7-16(2)3)10-11-6-9-19-12(11)13(18)15-14/h6,9H,4-5,7-8,10,14H2,1-3H3,(H,15,18). The van der Waals surface area contributed by atoms with Crippen LogP contribution in [0.15, 0.2) is 16.7 Å². The molecule has 0 spiro atoms. The lowest BCUT2D eigenvalue weighted by molar-refractivity contribution is 0.0923. The number of nitrogens with two attached hydrogens (primary N) is 1. The summed E-state index contributed by atoms with van der Waals surface area (Å²) in [5.41, 5.74) is 2.97. The molecule has 0 unspecified atom stereocenters. The fourth-order valence-electron chi connectivity index (χ4n) is 1.93. The Bertz CT molecular complexity index is 390. The first-order chi connectivity index (χ1) is 9.08. The number of amides is 1. The molecule has 1 rings (SSSR count). The van der Waals surface area contributed by atoms with Crippen molar-refractivity contribution in [2.75, 3.05) is 33.7 Å². The van der Waals surface area contributed by atoms with Crippen LogP contribution in [0, 0.1) is 0 Å². The molecule has 0 saturated carbocycles. The second kappa shape index (κ2) is 7.93. The average Bonchev–Trinajstić information content (AvgIpc) is 2.84. The molecule has 1 aromatic heterocycles. The van der Waals surface area contributed by atoms with Crippen molar-refractivity contribution < 1.29 is 9.21 Å². The quantitative estimate of drug-likeness (QED) is 0.411. The Hall–Kier alpha value is -1.37. The molecule has 0 bridgehead atoms. The molecule has 0 aliphatic heterocycles. The van der Waals surface area contributed by atoms with E-state index in [0.29, 0.717) is 12.3 Å². The summed E-state index contributed by atoms with van der Waals surface area (Å²) in [6.45, 7) is 5.78. The van der Waals surface area contributed by atoms with E-state index in [4.69, 9.17) is 10.3 Å². The Labute approximate surface area is 114 Å². The molecule has 0 aliphatic carbocycles. The molecule has 1 heterocycles. The van der Waals surface area contributed by atoms with Gasteiger partial charge in [0.15, 0.2) is 5.76 Å². The lowest BCUT2D eigenvalue weighted by atomic mass is 10.2. The molecule has 108 valence electrons. The molecule has 3 N–H and O–H groups in total. The molecule has 6 nitrogen and oxygen atoms in total. The van der Waals surface area contributed by atoms with Crippen LogP contribution in [0.3, 0.4) is 0 Å². The Morgan fingerprint density at radius 2 is 2.16 bits per heavy atom.